The van der Waals surface area contributed by atoms with Crippen LogP contribution in [0.2, 0.25) is 0 Å². The number of aromatic nitrogens is 3. The van der Waals surface area contributed by atoms with Crippen LogP contribution in [0.3, 0.4) is 0 Å². The summed E-state index contributed by atoms with van der Waals surface area (Å²) in [6.07, 6.45) is 5.86. The van der Waals surface area contributed by atoms with Gasteiger partial charge in [-0.05, 0) is 74.2 Å². The van der Waals surface area contributed by atoms with Crippen molar-refractivity contribution in [2.45, 2.75) is 25.7 Å². The molecule has 0 atom stereocenters. The molecule has 0 bridgehead atoms. The summed E-state index contributed by atoms with van der Waals surface area (Å²) in [6.45, 7) is 3.01. The summed E-state index contributed by atoms with van der Waals surface area (Å²) in [5, 5.41) is 9.45. The number of fused-ring (bicyclic) bond motifs is 5. The maximum Gasteiger partial charge on any atom is 0.254 e. The molecule has 0 spiro atoms. The third-order valence-corrected chi connectivity index (χ3v) is 7.15. The molecular formula is C26H26FN5O. The van der Waals surface area contributed by atoms with Crippen molar-refractivity contribution in [2.24, 2.45) is 0 Å². The number of piperazine rings is 1. The van der Waals surface area contributed by atoms with Crippen molar-refractivity contribution in [3.05, 3.63) is 59.0 Å². The largest absolute Gasteiger partial charge is 0.336 e. The van der Waals surface area contributed by atoms with Gasteiger partial charge in [0, 0.05) is 48.1 Å². The van der Waals surface area contributed by atoms with Gasteiger partial charge >= 0.3 is 0 Å². The van der Waals surface area contributed by atoms with Crippen LogP contribution in [0.25, 0.3) is 33.1 Å². The minimum absolute atomic E-state index is 0.107. The minimum atomic E-state index is -0.390. The van der Waals surface area contributed by atoms with E-state index in [-0.39, 0.29) is 11.7 Å². The normalized spacial score (nSPS) is 17.0. The molecule has 33 heavy (non-hydrogen) atoms. The first kappa shape index (κ1) is 20.3. The van der Waals surface area contributed by atoms with Crippen molar-refractivity contribution in [3.8, 4) is 11.3 Å². The number of pyridine rings is 1. The van der Waals surface area contributed by atoms with Gasteiger partial charge in [0.2, 0.25) is 0 Å². The SMILES string of the molecule is CN1CCN(C(=O)c2ccc(-c3nc4ccc5[nH]ncc5c4c4c3CCCC4)c(F)c2)CC1. The van der Waals surface area contributed by atoms with Gasteiger partial charge in [0.1, 0.15) is 5.82 Å². The zero-order chi connectivity index (χ0) is 22.5. The first-order chi connectivity index (χ1) is 16.1. The van der Waals surface area contributed by atoms with Crippen LogP contribution in [0.4, 0.5) is 4.39 Å². The van der Waals surface area contributed by atoms with E-state index >= 15 is 4.39 Å². The maximum absolute atomic E-state index is 15.5. The van der Waals surface area contributed by atoms with Crippen LogP contribution < -0.4 is 0 Å². The van der Waals surface area contributed by atoms with E-state index in [0.717, 1.165) is 66.1 Å². The highest BCUT2D eigenvalue weighted by molar-refractivity contribution is 6.07. The second kappa shape index (κ2) is 7.92. The topological polar surface area (TPSA) is 65.1 Å². The predicted octanol–water partition coefficient (Wildman–Crippen LogP) is 4.18. The second-order valence-electron chi connectivity index (χ2n) is 9.21. The average Bonchev–Trinajstić information content (AvgIpc) is 3.32. The van der Waals surface area contributed by atoms with Gasteiger partial charge in [0.05, 0.1) is 22.9 Å². The standard InChI is InChI=1S/C26H26FN5O/c1-31-10-12-32(13-11-31)26(33)16-6-7-19(21(27)14-16)25-18-5-3-2-4-17(18)24-20-15-28-30-22(20)8-9-23(24)29-25/h6-9,14-15H,2-5,10-13H2,1H3,(H,28,30). The van der Waals surface area contributed by atoms with Gasteiger partial charge in [-0.15, -0.1) is 0 Å². The lowest BCUT2D eigenvalue weighted by molar-refractivity contribution is 0.0663. The Bertz CT molecular complexity index is 1390. The molecule has 1 amide bonds. The molecule has 1 aliphatic carbocycles. The molecule has 0 unspecified atom stereocenters. The van der Waals surface area contributed by atoms with Crippen molar-refractivity contribution in [3.63, 3.8) is 0 Å². The lowest BCUT2D eigenvalue weighted by Crippen LogP contribution is -2.47. The van der Waals surface area contributed by atoms with E-state index in [0.29, 0.717) is 29.9 Å². The molecule has 6 nitrogen and oxygen atoms in total. The molecule has 0 saturated carbocycles. The molecule has 168 valence electrons. The molecule has 2 aromatic carbocycles. The first-order valence-corrected chi connectivity index (χ1v) is 11.7. The Hall–Kier alpha value is -3.32. The monoisotopic (exact) mass is 443 g/mol. The summed E-state index contributed by atoms with van der Waals surface area (Å²) in [5.74, 6) is -0.497. The minimum Gasteiger partial charge on any atom is -0.336 e. The van der Waals surface area contributed by atoms with E-state index in [2.05, 4.69) is 15.1 Å². The number of halogens is 1. The second-order valence-corrected chi connectivity index (χ2v) is 9.21. The van der Waals surface area contributed by atoms with E-state index in [9.17, 15) is 4.79 Å². The number of carbonyl (C=O) groups excluding carboxylic acids is 1. The van der Waals surface area contributed by atoms with Crippen LogP contribution in [0.1, 0.15) is 34.3 Å². The molecule has 2 aromatic heterocycles. The van der Waals surface area contributed by atoms with Gasteiger partial charge < -0.3 is 9.80 Å². The van der Waals surface area contributed by atoms with Crippen molar-refractivity contribution in [1.82, 2.24) is 25.0 Å². The first-order valence-electron chi connectivity index (χ1n) is 11.7. The summed E-state index contributed by atoms with van der Waals surface area (Å²) in [7, 11) is 2.05. The highest BCUT2D eigenvalue weighted by atomic mass is 19.1. The quantitative estimate of drug-likeness (QED) is 0.505. The number of aromatic amines is 1. The number of carbonyl (C=O) groups is 1. The molecule has 1 N–H and O–H groups in total. The Morgan fingerprint density at radius 3 is 2.61 bits per heavy atom. The number of nitrogens with one attached hydrogen (secondary N) is 1. The smallest absolute Gasteiger partial charge is 0.254 e. The fourth-order valence-corrected chi connectivity index (χ4v) is 5.30. The molecule has 1 aliphatic heterocycles. The van der Waals surface area contributed by atoms with Crippen LogP contribution in [0.5, 0.6) is 0 Å². The molecule has 1 saturated heterocycles. The molecule has 2 aliphatic rings. The molecule has 4 aromatic rings. The summed E-state index contributed by atoms with van der Waals surface area (Å²) in [6, 6.07) is 8.83. The average molecular weight is 444 g/mol. The number of nitrogens with zero attached hydrogens (tertiary/aromatic N) is 4. The van der Waals surface area contributed by atoms with E-state index < -0.39 is 0 Å². The highest BCUT2D eigenvalue weighted by Gasteiger charge is 2.25. The summed E-state index contributed by atoms with van der Waals surface area (Å²) in [4.78, 5) is 21.9. The van der Waals surface area contributed by atoms with Gasteiger partial charge in [-0.1, -0.05) is 0 Å². The van der Waals surface area contributed by atoms with E-state index in [1.54, 1.807) is 17.0 Å². The van der Waals surface area contributed by atoms with Crippen molar-refractivity contribution in [2.75, 3.05) is 33.2 Å². The van der Waals surface area contributed by atoms with Crippen molar-refractivity contribution >= 4 is 27.7 Å². The Balaban J connectivity index is 1.44. The van der Waals surface area contributed by atoms with Crippen LogP contribution in [-0.4, -0.2) is 64.1 Å². The third kappa shape index (κ3) is 3.38. The van der Waals surface area contributed by atoms with Gasteiger partial charge in [-0.3, -0.25) is 9.89 Å². The van der Waals surface area contributed by atoms with Crippen LogP contribution in [-0.2, 0) is 12.8 Å². The van der Waals surface area contributed by atoms with E-state index in [1.807, 2.05) is 25.4 Å². The highest BCUT2D eigenvalue weighted by Crippen LogP contribution is 2.38. The molecule has 0 radical (unpaired) electrons. The number of hydrogen-bond acceptors (Lipinski definition) is 4. The summed E-state index contributed by atoms with van der Waals surface area (Å²) in [5.41, 5.74) is 5.80. The van der Waals surface area contributed by atoms with Crippen molar-refractivity contribution < 1.29 is 9.18 Å². The van der Waals surface area contributed by atoms with Gasteiger partial charge in [-0.25, -0.2) is 9.37 Å². The van der Waals surface area contributed by atoms with E-state index in [1.165, 1.54) is 11.6 Å². The van der Waals surface area contributed by atoms with E-state index in [4.69, 9.17) is 4.98 Å². The number of benzene rings is 2. The summed E-state index contributed by atoms with van der Waals surface area (Å²) >= 11 is 0. The zero-order valence-corrected chi connectivity index (χ0v) is 18.7. The van der Waals surface area contributed by atoms with Gasteiger partial charge in [-0.2, -0.15) is 5.10 Å². The predicted molar refractivity (Wildman–Crippen MR) is 127 cm³/mol. The van der Waals surface area contributed by atoms with Gasteiger partial charge in [0.25, 0.3) is 5.91 Å². The van der Waals surface area contributed by atoms with Crippen LogP contribution in [0, 0.1) is 5.82 Å². The Kier molecular flexibility index (Phi) is 4.87. The number of likely N-dealkylation sites (N-methyl/N-ethyl adjacent to an activating group) is 1. The lowest BCUT2D eigenvalue weighted by atomic mass is 9.85. The molecule has 6 rings (SSSR count). The fraction of sp³-hybridized carbons (Fsp3) is 0.346. The molecular weight excluding hydrogens is 417 g/mol. The van der Waals surface area contributed by atoms with Crippen LogP contribution in [0.15, 0.2) is 36.5 Å². The Morgan fingerprint density at radius 2 is 1.82 bits per heavy atom. The van der Waals surface area contributed by atoms with Crippen LogP contribution >= 0.6 is 0 Å². The number of amides is 1. The molecule has 1 fully saturated rings. The Labute approximate surface area is 191 Å². The Morgan fingerprint density at radius 1 is 1.03 bits per heavy atom. The number of rotatable bonds is 2. The lowest BCUT2D eigenvalue weighted by Gasteiger charge is -2.32. The fourth-order valence-electron chi connectivity index (χ4n) is 5.30. The molecule has 7 heteroatoms. The number of aryl methyl sites for hydroxylation is 1. The third-order valence-electron chi connectivity index (χ3n) is 7.15. The van der Waals surface area contributed by atoms with Gasteiger partial charge in [0.15, 0.2) is 0 Å². The summed E-state index contributed by atoms with van der Waals surface area (Å²) < 4.78 is 15.5. The zero-order valence-electron chi connectivity index (χ0n) is 18.7. The molecule has 3 heterocycles. The number of H-pyrrole nitrogens is 1. The maximum atomic E-state index is 15.5. The van der Waals surface area contributed by atoms with Crippen molar-refractivity contribution in [1.29, 1.82) is 0 Å². The number of hydrogen-bond donors (Lipinski definition) is 1.